The second kappa shape index (κ2) is 7.57. The van der Waals surface area contributed by atoms with Crippen molar-refractivity contribution in [3.63, 3.8) is 0 Å². The van der Waals surface area contributed by atoms with Crippen molar-refractivity contribution in [2.45, 2.75) is 25.3 Å². The normalized spacial score (nSPS) is 18.2. The number of hydrogen-bond donors (Lipinski definition) is 1. The van der Waals surface area contributed by atoms with E-state index in [0.717, 1.165) is 12.5 Å². The lowest BCUT2D eigenvalue weighted by Gasteiger charge is -2.33. The largest absolute Gasteiger partial charge is 0.323 e. The molecule has 0 saturated carbocycles. The second-order valence-electron chi connectivity index (χ2n) is 6.45. The maximum atomic E-state index is 6.34. The van der Waals surface area contributed by atoms with E-state index in [1.165, 1.54) is 43.5 Å². The number of likely N-dealkylation sites (tertiary alicyclic amines) is 1. The van der Waals surface area contributed by atoms with E-state index in [0.29, 0.717) is 0 Å². The summed E-state index contributed by atoms with van der Waals surface area (Å²) in [5.41, 5.74) is 9.06. The molecule has 1 aliphatic heterocycles. The standard InChI is InChI=1S/C20H26N2/c21-20(19-9-5-2-6-10-19)16-22-13-11-18(12-14-22)15-17-7-3-1-4-8-17/h1-10,18,20H,11-16,21H2/t20-/m0/s1. The van der Waals surface area contributed by atoms with Crippen LogP contribution in [-0.2, 0) is 6.42 Å². The van der Waals surface area contributed by atoms with Crippen molar-refractivity contribution in [3.8, 4) is 0 Å². The highest BCUT2D eigenvalue weighted by molar-refractivity contribution is 5.19. The molecule has 1 aliphatic rings. The molecule has 1 saturated heterocycles. The summed E-state index contributed by atoms with van der Waals surface area (Å²) in [5.74, 6) is 0.826. The van der Waals surface area contributed by atoms with Crippen molar-refractivity contribution in [2.24, 2.45) is 11.7 Å². The number of nitrogens with zero attached hydrogens (tertiary/aromatic N) is 1. The molecular formula is C20H26N2. The van der Waals surface area contributed by atoms with Crippen LogP contribution in [0.3, 0.4) is 0 Å². The number of hydrogen-bond acceptors (Lipinski definition) is 2. The fourth-order valence-corrected chi connectivity index (χ4v) is 3.40. The third-order valence-corrected chi connectivity index (χ3v) is 4.76. The van der Waals surface area contributed by atoms with Crippen LogP contribution in [0.4, 0.5) is 0 Å². The Morgan fingerprint density at radius 2 is 1.50 bits per heavy atom. The Labute approximate surface area is 134 Å². The van der Waals surface area contributed by atoms with Gasteiger partial charge in [0.05, 0.1) is 0 Å². The quantitative estimate of drug-likeness (QED) is 0.912. The average molecular weight is 294 g/mol. The predicted molar refractivity (Wildman–Crippen MR) is 92.7 cm³/mol. The van der Waals surface area contributed by atoms with Gasteiger partial charge >= 0.3 is 0 Å². The van der Waals surface area contributed by atoms with Crippen LogP contribution >= 0.6 is 0 Å². The van der Waals surface area contributed by atoms with Crippen molar-refractivity contribution in [2.75, 3.05) is 19.6 Å². The Morgan fingerprint density at radius 1 is 0.909 bits per heavy atom. The van der Waals surface area contributed by atoms with Gasteiger partial charge in [-0.15, -0.1) is 0 Å². The zero-order valence-electron chi connectivity index (χ0n) is 13.2. The first-order chi connectivity index (χ1) is 10.8. The summed E-state index contributed by atoms with van der Waals surface area (Å²) in [6.45, 7) is 3.33. The van der Waals surface area contributed by atoms with Gasteiger partial charge in [0.2, 0.25) is 0 Å². The Bertz CT molecular complexity index is 544. The van der Waals surface area contributed by atoms with Gasteiger partial charge in [0.25, 0.3) is 0 Å². The van der Waals surface area contributed by atoms with E-state index in [9.17, 15) is 0 Å². The second-order valence-corrected chi connectivity index (χ2v) is 6.45. The summed E-state index contributed by atoms with van der Waals surface area (Å²) >= 11 is 0. The molecule has 2 heteroatoms. The van der Waals surface area contributed by atoms with Crippen molar-refractivity contribution in [3.05, 3.63) is 71.8 Å². The lowest BCUT2D eigenvalue weighted by atomic mass is 9.90. The molecule has 1 atom stereocenters. The number of nitrogens with two attached hydrogens (primary N) is 1. The van der Waals surface area contributed by atoms with E-state index < -0.39 is 0 Å². The van der Waals surface area contributed by atoms with Gasteiger partial charge in [-0.3, -0.25) is 0 Å². The molecule has 1 fully saturated rings. The molecule has 2 nitrogen and oxygen atoms in total. The summed E-state index contributed by atoms with van der Waals surface area (Å²) in [7, 11) is 0. The Kier molecular flexibility index (Phi) is 5.25. The fourth-order valence-electron chi connectivity index (χ4n) is 3.40. The van der Waals surface area contributed by atoms with E-state index in [-0.39, 0.29) is 6.04 Å². The zero-order chi connectivity index (χ0) is 15.2. The van der Waals surface area contributed by atoms with Crippen LogP contribution in [0.25, 0.3) is 0 Å². The van der Waals surface area contributed by atoms with Gasteiger partial charge in [0, 0.05) is 12.6 Å². The summed E-state index contributed by atoms with van der Waals surface area (Å²) < 4.78 is 0. The fraction of sp³-hybridized carbons (Fsp3) is 0.400. The lowest BCUT2D eigenvalue weighted by molar-refractivity contribution is 0.175. The Hall–Kier alpha value is -1.64. The molecule has 2 aromatic carbocycles. The van der Waals surface area contributed by atoms with Crippen molar-refractivity contribution in [1.29, 1.82) is 0 Å². The number of benzene rings is 2. The topological polar surface area (TPSA) is 29.3 Å². The van der Waals surface area contributed by atoms with Crippen LogP contribution in [0, 0.1) is 5.92 Å². The summed E-state index contributed by atoms with van der Waals surface area (Å²) in [4.78, 5) is 2.53. The molecule has 2 N–H and O–H groups in total. The van der Waals surface area contributed by atoms with E-state index in [4.69, 9.17) is 5.73 Å². The molecule has 0 bridgehead atoms. The third-order valence-electron chi connectivity index (χ3n) is 4.76. The highest BCUT2D eigenvalue weighted by Crippen LogP contribution is 2.23. The molecule has 1 heterocycles. The van der Waals surface area contributed by atoms with Gasteiger partial charge in [-0.2, -0.15) is 0 Å². The molecule has 0 aliphatic carbocycles. The van der Waals surface area contributed by atoms with Gasteiger partial charge < -0.3 is 10.6 Å². The first-order valence-corrected chi connectivity index (χ1v) is 8.38. The lowest BCUT2D eigenvalue weighted by Crippen LogP contribution is -2.38. The predicted octanol–water partition coefficient (Wildman–Crippen LogP) is 3.64. The smallest absolute Gasteiger partial charge is 0.0424 e. The molecule has 116 valence electrons. The van der Waals surface area contributed by atoms with Crippen molar-refractivity contribution >= 4 is 0 Å². The first kappa shape index (κ1) is 15.3. The number of rotatable bonds is 5. The highest BCUT2D eigenvalue weighted by atomic mass is 15.1. The van der Waals surface area contributed by atoms with Gasteiger partial charge in [0.15, 0.2) is 0 Å². The molecule has 22 heavy (non-hydrogen) atoms. The SMILES string of the molecule is N[C@@H](CN1CCC(Cc2ccccc2)CC1)c1ccccc1. The Balaban J connectivity index is 1.46. The van der Waals surface area contributed by atoms with E-state index >= 15 is 0 Å². The Morgan fingerprint density at radius 3 is 2.14 bits per heavy atom. The zero-order valence-corrected chi connectivity index (χ0v) is 13.2. The third kappa shape index (κ3) is 4.19. The van der Waals surface area contributed by atoms with Crippen LogP contribution < -0.4 is 5.73 Å². The van der Waals surface area contributed by atoms with Crippen LogP contribution in [0.5, 0.6) is 0 Å². The molecule has 0 aromatic heterocycles. The minimum Gasteiger partial charge on any atom is -0.323 e. The minimum absolute atomic E-state index is 0.131. The molecule has 2 aromatic rings. The van der Waals surface area contributed by atoms with Crippen molar-refractivity contribution < 1.29 is 0 Å². The highest BCUT2D eigenvalue weighted by Gasteiger charge is 2.21. The van der Waals surface area contributed by atoms with Crippen LogP contribution in [0.15, 0.2) is 60.7 Å². The van der Waals surface area contributed by atoms with E-state index in [2.05, 4.69) is 59.5 Å². The molecule has 0 amide bonds. The van der Waals surface area contributed by atoms with E-state index in [1.54, 1.807) is 0 Å². The summed E-state index contributed by atoms with van der Waals surface area (Å²) in [5, 5.41) is 0. The maximum Gasteiger partial charge on any atom is 0.0424 e. The molecule has 0 radical (unpaired) electrons. The average Bonchev–Trinajstić information content (AvgIpc) is 2.58. The van der Waals surface area contributed by atoms with Gasteiger partial charge in [-0.25, -0.2) is 0 Å². The summed E-state index contributed by atoms with van der Waals surface area (Å²) in [6.07, 6.45) is 3.80. The van der Waals surface area contributed by atoms with E-state index in [1.807, 2.05) is 6.07 Å². The monoisotopic (exact) mass is 294 g/mol. The minimum atomic E-state index is 0.131. The van der Waals surface area contributed by atoms with Gasteiger partial charge in [-0.05, 0) is 49.4 Å². The van der Waals surface area contributed by atoms with Gasteiger partial charge in [-0.1, -0.05) is 60.7 Å². The van der Waals surface area contributed by atoms with Crippen molar-refractivity contribution in [1.82, 2.24) is 4.90 Å². The molecule has 0 unspecified atom stereocenters. The maximum absolute atomic E-state index is 6.34. The summed E-state index contributed by atoms with van der Waals surface area (Å²) in [6, 6.07) is 21.5. The first-order valence-electron chi connectivity index (χ1n) is 8.38. The molecule has 3 rings (SSSR count). The van der Waals surface area contributed by atoms with Crippen LogP contribution in [0.1, 0.15) is 30.0 Å². The number of piperidine rings is 1. The van der Waals surface area contributed by atoms with Crippen LogP contribution in [-0.4, -0.2) is 24.5 Å². The molecule has 0 spiro atoms. The molecular weight excluding hydrogens is 268 g/mol. The van der Waals surface area contributed by atoms with Gasteiger partial charge in [0.1, 0.15) is 0 Å². The van der Waals surface area contributed by atoms with Crippen LogP contribution in [0.2, 0.25) is 0 Å².